The highest BCUT2D eigenvalue weighted by molar-refractivity contribution is 7.89. The third-order valence-corrected chi connectivity index (χ3v) is 10.3. The van der Waals surface area contributed by atoms with Crippen LogP contribution < -0.4 is 10.1 Å². The van der Waals surface area contributed by atoms with E-state index in [1.165, 1.54) is 27.8 Å². The summed E-state index contributed by atoms with van der Waals surface area (Å²) < 4.78 is 50.3. The number of anilines is 1. The number of ether oxygens (including phenoxy) is 1. The fourth-order valence-corrected chi connectivity index (χ4v) is 7.37. The van der Waals surface area contributed by atoms with Crippen molar-refractivity contribution >= 4 is 51.7 Å². The number of nitrogens with one attached hydrogen (secondary N) is 1. The SMILES string of the molecule is O=P(O)(O)OCOc1cccc(-c2nc3sccn3c2-c2ccnc(NC3CCN(S(=O)(=O)c4ccc(Cl)cc4)CC3)n2)c1. The van der Waals surface area contributed by atoms with Crippen molar-refractivity contribution in [2.75, 3.05) is 25.2 Å². The lowest BCUT2D eigenvalue weighted by molar-refractivity contribution is 0.0829. The number of aromatic nitrogens is 4. The minimum atomic E-state index is -4.67. The Labute approximate surface area is 261 Å². The van der Waals surface area contributed by atoms with E-state index >= 15 is 0 Å². The van der Waals surface area contributed by atoms with Crippen molar-refractivity contribution in [2.24, 2.45) is 0 Å². The van der Waals surface area contributed by atoms with E-state index in [9.17, 15) is 13.0 Å². The second-order valence-corrected chi connectivity index (χ2v) is 14.3. The normalized spacial score (nSPS) is 15.1. The van der Waals surface area contributed by atoms with Crippen LogP contribution in [0.15, 0.2) is 77.3 Å². The zero-order chi connectivity index (χ0) is 30.9. The van der Waals surface area contributed by atoms with Gasteiger partial charge in [0.25, 0.3) is 0 Å². The van der Waals surface area contributed by atoms with Gasteiger partial charge in [0.15, 0.2) is 11.8 Å². The average Bonchev–Trinajstić information content (AvgIpc) is 3.59. The quantitative estimate of drug-likeness (QED) is 0.136. The zero-order valence-corrected chi connectivity index (χ0v) is 26.1. The standard InChI is InChI=1S/C27H26ClN6O7PS2/c28-19-4-6-22(7-5-19)44(38,39)33-12-9-20(10-13-33)30-26-29-11-8-23(31-26)25-24(32-27-34(25)14-15-43-27)18-2-1-3-21(16-18)40-17-41-42(35,36)37/h1-8,11,14-16,20H,9-10,12-13,17H2,(H,29,30,31)(H2,35,36,37). The van der Waals surface area contributed by atoms with E-state index < -0.39 is 24.6 Å². The number of imidazole rings is 1. The molecule has 0 aliphatic carbocycles. The second-order valence-electron chi connectivity index (χ2n) is 9.82. The first kappa shape index (κ1) is 30.6. The number of fused-ring (bicyclic) bond motifs is 1. The Hall–Kier alpha value is -3.40. The van der Waals surface area contributed by atoms with Gasteiger partial charge in [0.2, 0.25) is 16.0 Å². The lowest BCUT2D eigenvalue weighted by Gasteiger charge is -2.31. The van der Waals surface area contributed by atoms with Crippen LogP contribution in [0, 0.1) is 0 Å². The maximum atomic E-state index is 13.1. The zero-order valence-electron chi connectivity index (χ0n) is 22.9. The van der Waals surface area contributed by atoms with Crippen LogP contribution in [-0.2, 0) is 19.1 Å². The molecule has 0 unspecified atom stereocenters. The van der Waals surface area contributed by atoms with Gasteiger partial charge in [-0.15, -0.1) is 11.3 Å². The van der Waals surface area contributed by atoms with Crippen molar-refractivity contribution in [3.63, 3.8) is 0 Å². The van der Waals surface area contributed by atoms with E-state index in [4.69, 9.17) is 36.1 Å². The molecule has 13 nitrogen and oxygen atoms in total. The predicted octanol–water partition coefficient (Wildman–Crippen LogP) is 4.88. The summed E-state index contributed by atoms with van der Waals surface area (Å²) in [6.07, 6.45) is 4.70. The molecule has 17 heteroatoms. The van der Waals surface area contributed by atoms with Gasteiger partial charge in [-0.05, 0) is 55.3 Å². The molecule has 0 saturated carbocycles. The highest BCUT2D eigenvalue weighted by Crippen LogP contribution is 2.37. The molecule has 1 fully saturated rings. The number of rotatable bonds is 10. The van der Waals surface area contributed by atoms with Gasteiger partial charge in [-0.1, -0.05) is 23.7 Å². The van der Waals surface area contributed by atoms with Gasteiger partial charge in [-0.3, -0.25) is 4.40 Å². The molecule has 2 aromatic carbocycles. The van der Waals surface area contributed by atoms with E-state index in [0.717, 1.165) is 10.7 Å². The molecule has 1 saturated heterocycles. The lowest BCUT2D eigenvalue weighted by atomic mass is 10.1. The number of hydrogen-bond donors (Lipinski definition) is 3. The minimum Gasteiger partial charge on any atom is -0.467 e. The molecule has 1 aliphatic heterocycles. The third kappa shape index (κ3) is 6.80. The number of hydrogen-bond acceptors (Lipinski definition) is 10. The molecule has 3 N–H and O–H groups in total. The highest BCUT2D eigenvalue weighted by atomic mass is 35.5. The molecule has 0 spiro atoms. The fraction of sp³-hybridized carbons (Fsp3) is 0.222. The van der Waals surface area contributed by atoms with Gasteiger partial charge >= 0.3 is 7.82 Å². The first-order valence-electron chi connectivity index (χ1n) is 13.3. The molecule has 4 heterocycles. The molecule has 0 amide bonds. The number of halogens is 1. The van der Waals surface area contributed by atoms with E-state index in [2.05, 4.69) is 14.8 Å². The Kier molecular flexibility index (Phi) is 8.72. The van der Waals surface area contributed by atoms with Gasteiger partial charge in [0.05, 0.1) is 16.3 Å². The Morgan fingerprint density at radius 2 is 1.86 bits per heavy atom. The summed E-state index contributed by atoms with van der Waals surface area (Å²) in [4.78, 5) is 32.8. The Balaban J connectivity index is 1.19. The predicted molar refractivity (Wildman–Crippen MR) is 165 cm³/mol. The van der Waals surface area contributed by atoms with Crippen LogP contribution in [-0.4, -0.2) is 67.8 Å². The third-order valence-electron chi connectivity index (χ3n) is 6.95. The molecule has 3 aromatic heterocycles. The lowest BCUT2D eigenvalue weighted by Crippen LogP contribution is -2.42. The Morgan fingerprint density at radius 3 is 2.61 bits per heavy atom. The van der Waals surface area contributed by atoms with Crippen molar-refractivity contribution in [1.29, 1.82) is 0 Å². The van der Waals surface area contributed by atoms with Gasteiger partial charge < -0.3 is 19.8 Å². The van der Waals surface area contributed by atoms with Crippen LogP contribution in [0.25, 0.3) is 27.6 Å². The number of sulfonamides is 1. The molecule has 0 bridgehead atoms. The van der Waals surface area contributed by atoms with E-state index in [0.29, 0.717) is 59.6 Å². The second kappa shape index (κ2) is 12.5. The molecular weight excluding hydrogens is 651 g/mol. The van der Waals surface area contributed by atoms with Crippen LogP contribution in [0.2, 0.25) is 5.02 Å². The molecule has 0 radical (unpaired) electrons. The highest BCUT2D eigenvalue weighted by Gasteiger charge is 2.30. The van der Waals surface area contributed by atoms with Crippen molar-refractivity contribution in [2.45, 2.75) is 23.8 Å². The van der Waals surface area contributed by atoms with Crippen molar-refractivity contribution in [3.8, 4) is 28.4 Å². The summed E-state index contributed by atoms with van der Waals surface area (Å²) in [6, 6.07) is 14.8. The molecule has 6 rings (SSSR count). The summed E-state index contributed by atoms with van der Waals surface area (Å²) >= 11 is 7.38. The number of piperidine rings is 1. The van der Waals surface area contributed by atoms with E-state index in [1.54, 1.807) is 42.6 Å². The maximum Gasteiger partial charge on any atom is 0.472 e. The van der Waals surface area contributed by atoms with Crippen LogP contribution in [0.5, 0.6) is 5.75 Å². The topological polar surface area (TPSA) is 168 Å². The first-order valence-corrected chi connectivity index (χ1v) is 17.5. The summed E-state index contributed by atoms with van der Waals surface area (Å²) in [5.41, 5.74) is 2.66. The monoisotopic (exact) mass is 676 g/mol. The number of thiazole rings is 1. The summed E-state index contributed by atoms with van der Waals surface area (Å²) in [6.45, 7) is 0.0796. The minimum absolute atomic E-state index is 0.0304. The van der Waals surface area contributed by atoms with Crippen LogP contribution in [0.4, 0.5) is 5.95 Å². The van der Waals surface area contributed by atoms with Crippen molar-refractivity contribution in [3.05, 3.63) is 77.4 Å². The van der Waals surface area contributed by atoms with E-state index in [-0.39, 0.29) is 10.9 Å². The smallest absolute Gasteiger partial charge is 0.467 e. The van der Waals surface area contributed by atoms with Gasteiger partial charge in [-0.2, -0.15) is 4.31 Å². The van der Waals surface area contributed by atoms with Gasteiger partial charge in [-0.25, -0.2) is 32.5 Å². The number of nitrogens with zero attached hydrogens (tertiary/aromatic N) is 5. The summed E-state index contributed by atoms with van der Waals surface area (Å²) in [5.74, 6) is 0.747. The van der Waals surface area contributed by atoms with Crippen LogP contribution >= 0.6 is 30.8 Å². The van der Waals surface area contributed by atoms with Crippen LogP contribution in [0.1, 0.15) is 12.8 Å². The number of phosphoric acid groups is 1. The Morgan fingerprint density at radius 1 is 1.09 bits per heavy atom. The number of benzene rings is 2. The fourth-order valence-electron chi connectivity index (χ4n) is 4.87. The molecule has 230 valence electrons. The maximum absolute atomic E-state index is 13.1. The average molecular weight is 677 g/mol. The van der Waals surface area contributed by atoms with Crippen molar-refractivity contribution in [1.82, 2.24) is 23.7 Å². The molecule has 1 aliphatic rings. The number of phosphoric ester groups is 1. The van der Waals surface area contributed by atoms with Crippen LogP contribution in [0.3, 0.4) is 0 Å². The Bertz CT molecular complexity index is 1940. The summed E-state index contributed by atoms with van der Waals surface area (Å²) in [5, 5.41) is 5.76. The molecular formula is C27H26ClN6O7PS2. The molecule has 5 aromatic rings. The largest absolute Gasteiger partial charge is 0.472 e. The van der Waals surface area contributed by atoms with Gasteiger partial charge in [0, 0.05) is 47.5 Å². The summed E-state index contributed by atoms with van der Waals surface area (Å²) in [7, 11) is -8.28. The van der Waals surface area contributed by atoms with Crippen molar-refractivity contribution < 1.29 is 32.0 Å². The van der Waals surface area contributed by atoms with Gasteiger partial charge in [0.1, 0.15) is 11.4 Å². The van der Waals surface area contributed by atoms with E-state index in [1.807, 2.05) is 22.0 Å². The molecule has 0 atom stereocenters. The molecule has 44 heavy (non-hydrogen) atoms. The first-order chi connectivity index (χ1) is 21.1.